The van der Waals surface area contributed by atoms with Crippen molar-refractivity contribution in [1.82, 2.24) is 0 Å². The Morgan fingerprint density at radius 3 is 2.60 bits per heavy atom. The van der Waals surface area contributed by atoms with Crippen LogP contribution in [0.4, 0.5) is 0 Å². The first kappa shape index (κ1) is 14.1. The molecule has 1 heterocycles. The summed E-state index contributed by atoms with van der Waals surface area (Å²) in [5.74, 6) is -0.999. The molecule has 20 heavy (non-hydrogen) atoms. The first-order valence-electron chi connectivity index (χ1n) is 6.36. The van der Waals surface area contributed by atoms with Crippen LogP contribution in [0.25, 0.3) is 0 Å². The highest BCUT2D eigenvalue weighted by atomic mass is 16.5. The molecule has 0 N–H and O–H groups in total. The van der Waals surface area contributed by atoms with Crippen LogP contribution in [-0.2, 0) is 19.1 Å². The van der Waals surface area contributed by atoms with Crippen LogP contribution < -0.4 is 0 Å². The van der Waals surface area contributed by atoms with Crippen LogP contribution in [0.3, 0.4) is 0 Å². The summed E-state index contributed by atoms with van der Waals surface area (Å²) >= 11 is 0. The van der Waals surface area contributed by atoms with E-state index in [0.29, 0.717) is 5.71 Å². The quantitative estimate of drug-likeness (QED) is 0.599. The van der Waals surface area contributed by atoms with Crippen molar-refractivity contribution in [2.45, 2.75) is 25.3 Å². The third-order valence-electron chi connectivity index (χ3n) is 3.15. The van der Waals surface area contributed by atoms with Gasteiger partial charge in [-0.15, -0.1) is 0 Å². The number of carbonyl (C=O) groups excluding carboxylic acids is 3. The van der Waals surface area contributed by atoms with Crippen LogP contribution >= 0.6 is 0 Å². The van der Waals surface area contributed by atoms with Gasteiger partial charge in [-0.1, -0.05) is 30.3 Å². The van der Waals surface area contributed by atoms with E-state index >= 15 is 0 Å². The number of ketones is 2. The standard InChI is InChI=1S/C15H15NO4/c1-20-14(19)8-7-12(17)15-13(18)9-11(16-15)10-5-3-2-4-6-10/h2-6,15H,7-9H2,1H3/t15-/m0/s1. The highest BCUT2D eigenvalue weighted by Crippen LogP contribution is 2.18. The van der Waals surface area contributed by atoms with Gasteiger partial charge in [-0.25, -0.2) is 0 Å². The molecule has 104 valence electrons. The molecule has 1 aromatic rings. The fourth-order valence-electron chi connectivity index (χ4n) is 2.06. The number of esters is 1. The van der Waals surface area contributed by atoms with Crippen LogP contribution in [0.1, 0.15) is 24.8 Å². The molecule has 0 fully saturated rings. The monoisotopic (exact) mass is 273 g/mol. The lowest BCUT2D eigenvalue weighted by molar-refractivity contribution is -0.142. The maximum absolute atomic E-state index is 11.9. The van der Waals surface area contributed by atoms with Crippen molar-refractivity contribution in [3.8, 4) is 0 Å². The second-order valence-corrected chi connectivity index (χ2v) is 4.53. The van der Waals surface area contributed by atoms with Crippen LogP contribution in [0.15, 0.2) is 35.3 Å². The van der Waals surface area contributed by atoms with Gasteiger partial charge < -0.3 is 4.74 Å². The van der Waals surface area contributed by atoms with E-state index in [9.17, 15) is 14.4 Å². The van der Waals surface area contributed by atoms with Crippen molar-refractivity contribution < 1.29 is 19.1 Å². The summed E-state index contributed by atoms with van der Waals surface area (Å²) in [7, 11) is 1.26. The molecule has 0 saturated heterocycles. The minimum atomic E-state index is -0.963. The molecule has 0 aliphatic carbocycles. The molecule has 0 spiro atoms. The minimum absolute atomic E-state index is 0.0185. The summed E-state index contributed by atoms with van der Waals surface area (Å²) in [6, 6.07) is 8.33. The second kappa shape index (κ2) is 6.23. The number of benzene rings is 1. The van der Waals surface area contributed by atoms with E-state index in [1.165, 1.54) is 7.11 Å². The zero-order valence-electron chi connectivity index (χ0n) is 11.2. The van der Waals surface area contributed by atoms with Gasteiger partial charge in [0.2, 0.25) is 0 Å². The summed E-state index contributed by atoms with van der Waals surface area (Å²) < 4.78 is 4.47. The van der Waals surface area contributed by atoms with E-state index in [-0.39, 0.29) is 30.8 Å². The topological polar surface area (TPSA) is 72.8 Å². The number of rotatable bonds is 5. The van der Waals surface area contributed by atoms with Gasteiger partial charge in [0.15, 0.2) is 17.6 Å². The van der Waals surface area contributed by atoms with Crippen LogP contribution in [0.5, 0.6) is 0 Å². The SMILES string of the molecule is COC(=O)CCC(=O)[C@@H]1N=C(c2ccccc2)CC1=O. The molecule has 5 nitrogen and oxygen atoms in total. The van der Waals surface area contributed by atoms with Gasteiger partial charge in [-0.3, -0.25) is 19.4 Å². The number of Topliss-reactive ketones (excluding diaryl/α,β-unsaturated/α-hetero) is 2. The van der Waals surface area contributed by atoms with Gasteiger partial charge in [-0.2, -0.15) is 0 Å². The average molecular weight is 273 g/mol. The Kier molecular flexibility index (Phi) is 4.40. The Morgan fingerprint density at radius 1 is 1.25 bits per heavy atom. The summed E-state index contributed by atoms with van der Waals surface area (Å²) in [6.45, 7) is 0. The predicted molar refractivity (Wildman–Crippen MR) is 72.6 cm³/mol. The summed E-state index contributed by atoms with van der Waals surface area (Å²) in [4.78, 5) is 39.0. The van der Waals surface area contributed by atoms with Crippen molar-refractivity contribution >= 4 is 23.2 Å². The second-order valence-electron chi connectivity index (χ2n) is 4.53. The zero-order chi connectivity index (χ0) is 14.5. The molecule has 0 aromatic heterocycles. The largest absolute Gasteiger partial charge is 0.469 e. The highest BCUT2D eigenvalue weighted by molar-refractivity contribution is 6.23. The molecular weight excluding hydrogens is 258 g/mol. The molecule has 0 radical (unpaired) electrons. The van der Waals surface area contributed by atoms with Crippen LogP contribution in [-0.4, -0.2) is 36.4 Å². The van der Waals surface area contributed by atoms with Crippen molar-refractivity contribution in [2.24, 2.45) is 4.99 Å². The van der Waals surface area contributed by atoms with Gasteiger partial charge in [0.25, 0.3) is 0 Å². The molecule has 0 unspecified atom stereocenters. The predicted octanol–water partition coefficient (Wildman–Crippen LogP) is 1.34. The minimum Gasteiger partial charge on any atom is -0.469 e. The Balaban J connectivity index is 2.05. The van der Waals surface area contributed by atoms with Crippen molar-refractivity contribution in [2.75, 3.05) is 7.11 Å². The van der Waals surface area contributed by atoms with E-state index < -0.39 is 12.0 Å². The number of nitrogens with zero attached hydrogens (tertiary/aromatic N) is 1. The Morgan fingerprint density at radius 2 is 1.95 bits per heavy atom. The third-order valence-corrected chi connectivity index (χ3v) is 3.15. The summed E-state index contributed by atoms with van der Waals surface area (Å²) in [5.41, 5.74) is 1.48. The molecule has 1 atom stereocenters. The summed E-state index contributed by atoms with van der Waals surface area (Å²) in [5, 5.41) is 0. The fraction of sp³-hybridized carbons (Fsp3) is 0.333. The first-order chi connectivity index (χ1) is 9.61. The number of hydrogen-bond donors (Lipinski definition) is 0. The zero-order valence-corrected chi connectivity index (χ0v) is 11.2. The Bertz CT molecular complexity index is 562. The van der Waals surface area contributed by atoms with Gasteiger partial charge in [0.05, 0.1) is 25.7 Å². The van der Waals surface area contributed by atoms with E-state index in [2.05, 4.69) is 9.73 Å². The molecule has 1 aromatic carbocycles. The number of hydrogen-bond acceptors (Lipinski definition) is 5. The summed E-state index contributed by atoms with van der Waals surface area (Å²) in [6.07, 6.45) is 0.128. The van der Waals surface area contributed by atoms with Gasteiger partial charge in [0, 0.05) is 6.42 Å². The van der Waals surface area contributed by atoms with Crippen LogP contribution in [0, 0.1) is 0 Å². The molecular formula is C15H15NO4. The van der Waals surface area contributed by atoms with Crippen LogP contribution in [0.2, 0.25) is 0 Å². The van der Waals surface area contributed by atoms with Crippen molar-refractivity contribution in [3.63, 3.8) is 0 Å². The Labute approximate surface area is 116 Å². The van der Waals surface area contributed by atoms with Crippen molar-refractivity contribution in [3.05, 3.63) is 35.9 Å². The molecule has 0 bridgehead atoms. The molecule has 0 saturated carbocycles. The number of ether oxygens (including phenoxy) is 1. The number of aliphatic imine (C=N–C) groups is 1. The van der Waals surface area contributed by atoms with E-state index in [0.717, 1.165) is 5.56 Å². The van der Waals surface area contributed by atoms with E-state index in [1.807, 2.05) is 30.3 Å². The maximum Gasteiger partial charge on any atom is 0.305 e. The number of methoxy groups -OCH3 is 1. The van der Waals surface area contributed by atoms with Gasteiger partial charge in [-0.05, 0) is 5.56 Å². The molecule has 5 heteroatoms. The average Bonchev–Trinajstić information content (AvgIpc) is 2.87. The lowest BCUT2D eigenvalue weighted by Crippen LogP contribution is -2.25. The lowest BCUT2D eigenvalue weighted by Gasteiger charge is -2.03. The van der Waals surface area contributed by atoms with E-state index in [1.54, 1.807) is 0 Å². The molecule has 1 aliphatic rings. The van der Waals surface area contributed by atoms with E-state index in [4.69, 9.17) is 0 Å². The normalized spacial score (nSPS) is 17.8. The molecule has 0 amide bonds. The number of carbonyl (C=O) groups is 3. The van der Waals surface area contributed by atoms with Crippen molar-refractivity contribution in [1.29, 1.82) is 0 Å². The smallest absolute Gasteiger partial charge is 0.305 e. The first-order valence-corrected chi connectivity index (χ1v) is 6.36. The molecule has 1 aliphatic heterocycles. The highest BCUT2D eigenvalue weighted by Gasteiger charge is 2.32. The lowest BCUT2D eigenvalue weighted by atomic mass is 10.0. The fourth-order valence-corrected chi connectivity index (χ4v) is 2.06. The molecule has 2 rings (SSSR count). The third kappa shape index (κ3) is 3.17. The van der Waals surface area contributed by atoms with Gasteiger partial charge in [0.1, 0.15) is 0 Å². The van der Waals surface area contributed by atoms with Gasteiger partial charge >= 0.3 is 5.97 Å². The Hall–Kier alpha value is -2.30. The maximum atomic E-state index is 11.9.